The standard InChI is InChI=1S/C13H25NO2/c1-3-5-9-12(4-2)13(15)16-14-10-7-6-8-11-14/h12H,3-11H2,1-2H3. The van der Waals surface area contributed by atoms with Gasteiger partial charge in [0.2, 0.25) is 0 Å². The predicted octanol–water partition coefficient (Wildman–Crippen LogP) is 3.15. The molecule has 0 bridgehead atoms. The van der Waals surface area contributed by atoms with Gasteiger partial charge in [-0.2, -0.15) is 0 Å². The van der Waals surface area contributed by atoms with E-state index in [4.69, 9.17) is 4.84 Å². The summed E-state index contributed by atoms with van der Waals surface area (Å²) in [4.78, 5) is 17.3. The first-order chi connectivity index (χ1) is 7.77. The van der Waals surface area contributed by atoms with Gasteiger partial charge in [0.25, 0.3) is 0 Å². The average Bonchev–Trinajstić information content (AvgIpc) is 2.31. The second-order valence-electron chi connectivity index (χ2n) is 4.65. The van der Waals surface area contributed by atoms with Crippen LogP contribution in [0, 0.1) is 5.92 Å². The van der Waals surface area contributed by atoms with Gasteiger partial charge < -0.3 is 4.84 Å². The molecule has 1 rings (SSSR count). The number of nitrogens with zero attached hydrogens (tertiary/aromatic N) is 1. The molecule has 0 aliphatic carbocycles. The summed E-state index contributed by atoms with van der Waals surface area (Å²) in [5.74, 6) is 0.0831. The Bertz CT molecular complexity index is 200. The average molecular weight is 227 g/mol. The minimum atomic E-state index is -0.0159. The Kier molecular flexibility index (Phi) is 6.46. The molecular weight excluding hydrogens is 202 g/mol. The third kappa shape index (κ3) is 4.52. The van der Waals surface area contributed by atoms with E-state index in [0.29, 0.717) is 0 Å². The molecule has 0 N–H and O–H groups in total. The third-order valence-electron chi connectivity index (χ3n) is 3.27. The summed E-state index contributed by atoms with van der Waals surface area (Å²) in [7, 11) is 0. The summed E-state index contributed by atoms with van der Waals surface area (Å²) < 4.78 is 0. The van der Waals surface area contributed by atoms with Gasteiger partial charge in [0.15, 0.2) is 0 Å². The zero-order chi connectivity index (χ0) is 11.8. The molecule has 16 heavy (non-hydrogen) atoms. The normalized spacial score (nSPS) is 19.4. The minimum Gasteiger partial charge on any atom is -0.368 e. The second kappa shape index (κ2) is 7.66. The van der Waals surface area contributed by atoms with E-state index in [1.165, 1.54) is 6.42 Å². The van der Waals surface area contributed by atoms with Crippen LogP contribution in [0.1, 0.15) is 58.8 Å². The van der Waals surface area contributed by atoms with Crippen molar-refractivity contribution >= 4 is 5.97 Å². The minimum absolute atomic E-state index is 0.0159. The Balaban J connectivity index is 2.29. The fourth-order valence-electron chi connectivity index (χ4n) is 2.10. The molecule has 0 amide bonds. The van der Waals surface area contributed by atoms with E-state index in [1.54, 1.807) is 0 Å². The van der Waals surface area contributed by atoms with Crippen molar-refractivity contribution in [3.63, 3.8) is 0 Å². The highest BCUT2D eigenvalue weighted by molar-refractivity contribution is 5.72. The van der Waals surface area contributed by atoms with E-state index < -0.39 is 0 Å². The number of carbonyl (C=O) groups excluding carboxylic acids is 1. The van der Waals surface area contributed by atoms with Gasteiger partial charge in [-0.3, -0.25) is 4.79 Å². The SMILES string of the molecule is CCCCC(CC)C(=O)ON1CCCCC1. The maximum atomic E-state index is 11.9. The van der Waals surface area contributed by atoms with E-state index in [9.17, 15) is 4.79 Å². The van der Waals surface area contributed by atoms with Gasteiger partial charge in [-0.15, -0.1) is 5.06 Å². The van der Waals surface area contributed by atoms with Crippen LogP contribution in [-0.4, -0.2) is 24.1 Å². The fraction of sp³-hybridized carbons (Fsp3) is 0.923. The molecule has 1 heterocycles. The summed E-state index contributed by atoms with van der Waals surface area (Å²) in [6.45, 7) is 6.05. The number of carbonyl (C=O) groups is 1. The highest BCUT2D eigenvalue weighted by Gasteiger charge is 2.21. The third-order valence-corrected chi connectivity index (χ3v) is 3.27. The maximum Gasteiger partial charge on any atom is 0.328 e. The van der Waals surface area contributed by atoms with Crippen molar-refractivity contribution in [3.05, 3.63) is 0 Å². The first-order valence-electron chi connectivity index (χ1n) is 6.74. The first-order valence-corrected chi connectivity index (χ1v) is 6.74. The topological polar surface area (TPSA) is 29.5 Å². The van der Waals surface area contributed by atoms with E-state index in [-0.39, 0.29) is 11.9 Å². The second-order valence-corrected chi connectivity index (χ2v) is 4.65. The van der Waals surface area contributed by atoms with Gasteiger partial charge in [0.05, 0.1) is 5.92 Å². The number of hydroxylamine groups is 2. The van der Waals surface area contributed by atoms with Crippen molar-refractivity contribution in [2.24, 2.45) is 5.92 Å². The number of hydrogen-bond donors (Lipinski definition) is 0. The molecule has 1 atom stereocenters. The van der Waals surface area contributed by atoms with Crippen molar-refractivity contribution in [2.45, 2.75) is 58.8 Å². The highest BCUT2D eigenvalue weighted by Crippen LogP contribution is 2.17. The lowest BCUT2D eigenvalue weighted by atomic mass is 10.00. The molecule has 1 fully saturated rings. The van der Waals surface area contributed by atoms with Crippen LogP contribution in [0.3, 0.4) is 0 Å². The van der Waals surface area contributed by atoms with Crippen LogP contribution >= 0.6 is 0 Å². The molecule has 1 unspecified atom stereocenters. The van der Waals surface area contributed by atoms with E-state index in [2.05, 4.69) is 13.8 Å². The quantitative estimate of drug-likeness (QED) is 0.698. The van der Waals surface area contributed by atoms with Gasteiger partial charge in [-0.05, 0) is 25.7 Å². The molecule has 0 aromatic carbocycles. The molecule has 94 valence electrons. The Morgan fingerprint density at radius 2 is 1.94 bits per heavy atom. The van der Waals surface area contributed by atoms with Crippen molar-refractivity contribution in [3.8, 4) is 0 Å². The summed E-state index contributed by atoms with van der Waals surface area (Å²) in [5.41, 5.74) is 0. The zero-order valence-corrected chi connectivity index (χ0v) is 10.7. The predicted molar refractivity (Wildman–Crippen MR) is 64.8 cm³/mol. The lowest BCUT2D eigenvalue weighted by Crippen LogP contribution is -2.34. The Morgan fingerprint density at radius 1 is 1.25 bits per heavy atom. The smallest absolute Gasteiger partial charge is 0.328 e. The van der Waals surface area contributed by atoms with Crippen LogP contribution in [0.5, 0.6) is 0 Å². The highest BCUT2D eigenvalue weighted by atomic mass is 16.7. The Morgan fingerprint density at radius 3 is 2.50 bits per heavy atom. The number of unbranched alkanes of at least 4 members (excludes halogenated alkanes) is 1. The summed E-state index contributed by atoms with van der Waals surface area (Å²) >= 11 is 0. The van der Waals surface area contributed by atoms with Gasteiger partial charge >= 0.3 is 5.97 Å². The van der Waals surface area contributed by atoms with Gasteiger partial charge in [0, 0.05) is 13.1 Å². The van der Waals surface area contributed by atoms with Crippen LogP contribution in [-0.2, 0) is 9.63 Å². The van der Waals surface area contributed by atoms with Crippen LogP contribution in [0.4, 0.5) is 0 Å². The number of rotatable bonds is 6. The van der Waals surface area contributed by atoms with Gasteiger partial charge in [-0.25, -0.2) is 0 Å². The molecule has 3 nitrogen and oxygen atoms in total. The van der Waals surface area contributed by atoms with Crippen LogP contribution in [0.2, 0.25) is 0 Å². The van der Waals surface area contributed by atoms with E-state index >= 15 is 0 Å². The molecular formula is C13H25NO2. The fourth-order valence-corrected chi connectivity index (χ4v) is 2.10. The largest absolute Gasteiger partial charge is 0.368 e. The molecule has 0 aromatic rings. The van der Waals surface area contributed by atoms with Crippen molar-refractivity contribution in [2.75, 3.05) is 13.1 Å². The Hall–Kier alpha value is -0.570. The summed E-state index contributed by atoms with van der Waals surface area (Å²) in [6.07, 6.45) is 7.70. The van der Waals surface area contributed by atoms with Gasteiger partial charge in [0.1, 0.15) is 0 Å². The lowest BCUT2D eigenvalue weighted by molar-refractivity contribution is -0.199. The van der Waals surface area contributed by atoms with Crippen molar-refractivity contribution < 1.29 is 9.63 Å². The van der Waals surface area contributed by atoms with Crippen molar-refractivity contribution in [1.29, 1.82) is 0 Å². The van der Waals surface area contributed by atoms with Gasteiger partial charge in [-0.1, -0.05) is 33.1 Å². The Labute approximate surface area is 99.1 Å². The zero-order valence-electron chi connectivity index (χ0n) is 10.7. The summed E-state index contributed by atoms with van der Waals surface area (Å²) in [6, 6.07) is 0. The lowest BCUT2D eigenvalue weighted by Gasteiger charge is -2.26. The van der Waals surface area contributed by atoms with Crippen LogP contribution in [0.25, 0.3) is 0 Å². The molecule has 1 aliphatic rings. The molecule has 3 heteroatoms. The maximum absolute atomic E-state index is 11.9. The molecule has 0 saturated carbocycles. The van der Waals surface area contributed by atoms with Crippen LogP contribution < -0.4 is 0 Å². The molecule has 0 spiro atoms. The van der Waals surface area contributed by atoms with E-state index in [1.807, 2.05) is 5.06 Å². The van der Waals surface area contributed by atoms with E-state index in [0.717, 1.165) is 51.6 Å². The van der Waals surface area contributed by atoms with Crippen LogP contribution in [0.15, 0.2) is 0 Å². The number of hydrogen-bond acceptors (Lipinski definition) is 3. The molecule has 0 aromatic heterocycles. The van der Waals surface area contributed by atoms with Crippen molar-refractivity contribution in [1.82, 2.24) is 5.06 Å². The first kappa shape index (κ1) is 13.5. The summed E-state index contributed by atoms with van der Waals surface area (Å²) in [5, 5.41) is 1.85. The molecule has 0 radical (unpaired) electrons. The monoisotopic (exact) mass is 227 g/mol. The number of piperidine rings is 1. The molecule has 1 aliphatic heterocycles. The molecule has 1 saturated heterocycles.